The van der Waals surface area contributed by atoms with Crippen LogP contribution in [0.1, 0.15) is 70.8 Å². The number of hydrogen-bond acceptors (Lipinski definition) is 7. The van der Waals surface area contributed by atoms with Crippen LogP contribution in [0.15, 0.2) is 24.3 Å². The van der Waals surface area contributed by atoms with Crippen molar-refractivity contribution in [3.05, 3.63) is 51.5 Å². The summed E-state index contributed by atoms with van der Waals surface area (Å²) in [5.74, 6) is 1.00. The summed E-state index contributed by atoms with van der Waals surface area (Å²) in [6, 6.07) is 7.43. The third kappa shape index (κ3) is 5.60. The highest BCUT2D eigenvalue weighted by Gasteiger charge is 2.29. The van der Waals surface area contributed by atoms with Crippen LogP contribution in [0, 0.1) is 12.8 Å². The lowest BCUT2D eigenvalue weighted by atomic mass is 9.99. The molecule has 1 fully saturated rings. The van der Waals surface area contributed by atoms with E-state index in [-0.39, 0.29) is 11.5 Å². The number of aliphatic hydroxyl groups excluding tert-OH is 1. The Morgan fingerprint density at radius 3 is 2.34 bits per heavy atom. The number of benzene rings is 2. The number of aromatic nitrogens is 1. The normalized spacial score (nSPS) is 15.4. The van der Waals surface area contributed by atoms with Crippen molar-refractivity contribution in [2.45, 2.75) is 58.2 Å². The Morgan fingerprint density at radius 2 is 1.80 bits per heavy atom. The van der Waals surface area contributed by atoms with Crippen LogP contribution in [0.3, 0.4) is 0 Å². The van der Waals surface area contributed by atoms with Crippen molar-refractivity contribution >= 4 is 27.5 Å². The van der Waals surface area contributed by atoms with Gasteiger partial charge in [-0.25, -0.2) is 9.78 Å². The van der Waals surface area contributed by atoms with Gasteiger partial charge in [0.25, 0.3) is 0 Å². The van der Waals surface area contributed by atoms with Gasteiger partial charge in [-0.2, -0.15) is 0 Å². The number of aromatic carboxylic acids is 1. The molecule has 35 heavy (non-hydrogen) atoms. The van der Waals surface area contributed by atoms with E-state index in [1.54, 1.807) is 32.4 Å². The average molecular weight is 500 g/mol. The van der Waals surface area contributed by atoms with Crippen molar-refractivity contribution in [3.8, 4) is 11.5 Å². The van der Waals surface area contributed by atoms with Crippen LogP contribution in [0.25, 0.3) is 10.2 Å². The molecule has 0 aliphatic heterocycles. The molecule has 188 valence electrons. The number of thiazole rings is 1. The Hall–Kier alpha value is -2.68. The van der Waals surface area contributed by atoms with Gasteiger partial charge in [0.15, 0.2) is 0 Å². The fourth-order valence-electron chi connectivity index (χ4n) is 4.24. The molecule has 1 aromatic heterocycles. The molecule has 8 heteroatoms. The number of carboxylic acids is 1. The van der Waals surface area contributed by atoms with Gasteiger partial charge in [-0.3, -0.25) is 0 Å². The number of nitrogens with zero attached hydrogens (tertiary/aromatic N) is 1. The van der Waals surface area contributed by atoms with Gasteiger partial charge < -0.3 is 24.4 Å². The second kappa shape index (κ2) is 10.5. The van der Waals surface area contributed by atoms with E-state index in [9.17, 15) is 15.0 Å². The SMILES string of the molecule is COc1cc(C(O)C(Cc2nc3c(C(=O)O)cc(C4CC4)cc3s2)OCC(C)C)cc(OC)c1C. The van der Waals surface area contributed by atoms with Gasteiger partial charge in [0.05, 0.1) is 41.1 Å². The molecular weight excluding hydrogens is 466 g/mol. The van der Waals surface area contributed by atoms with E-state index in [2.05, 4.69) is 24.9 Å². The molecule has 2 aromatic carbocycles. The first kappa shape index (κ1) is 25.4. The van der Waals surface area contributed by atoms with E-state index in [0.29, 0.717) is 41.5 Å². The van der Waals surface area contributed by atoms with E-state index in [1.807, 2.05) is 6.92 Å². The molecule has 2 atom stereocenters. The van der Waals surface area contributed by atoms with Crippen molar-refractivity contribution in [2.75, 3.05) is 20.8 Å². The summed E-state index contributed by atoms with van der Waals surface area (Å²) in [6.45, 7) is 6.48. The van der Waals surface area contributed by atoms with Gasteiger partial charge in [-0.05, 0) is 67.0 Å². The largest absolute Gasteiger partial charge is 0.496 e. The highest BCUT2D eigenvalue weighted by atomic mass is 32.1. The number of ether oxygens (including phenoxy) is 3. The van der Waals surface area contributed by atoms with Crippen LogP contribution in [-0.2, 0) is 11.2 Å². The molecule has 0 amide bonds. The van der Waals surface area contributed by atoms with E-state index >= 15 is 0 Å². The maximum atomic E-state index is 11.9. The van der Waals surface area contributed by atoms with Crippen LogP contribution in [0.5, 0.6) is 11.5 Å². The third-order valence-corrected chi connectivity index (χ3v) is 7.35. The lowest BCUT2D eigenvalue weighted by molar-refractivity contribution is -0.0472. The summed E-state index contributed by atoms with van der Waals surface area (Å²) in [5, 5.41) is 21.9. The minimum absolute atomic E-state index is 0.236. The standard InChI is InChI=1S/C27H33NO6S/c1-14(2)13-34-22(26(29)18-9-20(32-4)15(3)21(10-18)33-5)12-24-28-25-19(27(30)31)8-17(16-6-7-16)11-23(25)35-24/h8-11,14,16,22,26,29H,6-7,12-13H2,1-5H3,(H,30,31). The smallest absolute Gasteiger partial charge is 0.337 e. The minimum Gasteiger partial charge on any atom is -0.496 e. The van der Waals surface area contributed by atoms with Crippen molar-refractivity contribution in [3.63, 3.8) is 0 Å². The van der Waals surface area contributed by atoms with Gasteiger partial charge in [0, 0.05) is 18.6 Å². The molecule has 1 saturated carbocycles. The molecular formula is C27H33NO6S. The fourth-order valence-corrected chi connectivity index (χ4v) is 5.33. The van der Waals surface area contributed by atoms with E-state index in [0.717, 1.165) is 33.7 Å². The Kier molecular flexibility index (Phi) is 7.64. The zero-order chi connectivity index (χ0) is 25.3. The molecule has 1 aliphatic rings. The number of fused-ring (bicyclic) bond motifs is 1. The van der Waals surface area contributed by atoms with Gasteiger partial charge in [0.2, 0.25) is 0 Å². The molecule has 7 nitrogen and oxygen atoms in total. The quantitative estimate of drug-likeness (QED) is 0.359. The molecule has 2 N–H and O–H groups in total. The minimum atomic E-state index is -0.971. The summed E-state index contributed by atoms with van der Waals surface area (Å²) in [4.78, 5) is 16.6. The number of methoxy groups -OCH3 is 2. The zero-order valence-corrected chi connectivity index (χ0v) is 21.6. The monoisotopic (exact) mass is 499 g/mol. The third-order valence-electron chi connectivity index (χ3n) is 6.33. The van der Waals surface area contributed by atoms with Crippen LogP contribution in [0.2, 0.25) is 0 Å². The molecule has 0 radical (unpaired) electrons. The molecule has 3 aromatic rings. The van der Waals surface area contributed by atoms with Crippen LogP contribution >= 0.6 is 11.3 Å². The van der Waals surface area contributed by atoms with Crippen LogP contribution in [-0.4, -0.2) is 48.1 Å². The maximum Gasteiger partial charge on any atom is 0.337 e. The molecule has 2 unspecified atom stereocenters. The Bertz CT molecular complexity index is 1190. The Morgan fingerprint density at radius 1 is 1.14 bits per heavy atom. The molecule has 0 bridgehead atoms. The average Bonchev–Trinajstić information content (AvgIpc) is 3.60. The molecule has 1 heterocycles. The predicted octanol–water partition coefficient (Wildman–Crippen LogP) is 5.51. The fraction of sp³-hybridized carbons (Fsp3) is 0.481. The number of carbonyl (C=O) groups is 1. The van der Waals surface area contributed by atoms with Crippen LogP contribution < -0.4 is 9.47 Å². The molecule has 0 spiro atoms. The predicted molar refractivity (Wildman–Crippen MR) is 136 cm³/mol. The van der Waals surface area contributed by atoms with Crippen molar-refractivity contribution < 1.29 is 29.2 Å². The first-order valence-corrected chi connectivity index (χ1v) is 12.7. The van der Waals surface area contributed by atoms with Crippen molar-refractivity contribution in [1.29, 1.82) is 0 Å². The van der Waals surface area contributed by atoms with Gasteiger partial charge in [0.1, 0.15) is 17.6 Å². The Labute approximate surface area is 209 Å². The van der Waals surface area contributed by atoms with Crippen molar-refractivity contribution in [1.82, 2.24) is 4.98 Å². The van der Waals surface area contributed by atoms with E-state index in [1.165, 1.54) is 11.3 Å². The number of carboxylic acid groups (broad SMARTS) is 1. The van der Waals surface area contributed by atoms with Gasteiger partial charge >= 0.3 is 5.97 Å². The molecule has 1 aliphatic carbocycles. The lowest BCUT2D eigenvalue weighted by Gasteiger charge is -2.25. The van der Waals surface area contributed by atoms with E-state index < -0.39 is 18.2 Å². The summed E-state index contributed by atoms with van der Waals surface area (Å²) in [6.07, 6.45) is 1.01. The highest BCUT2D eigenvalue weighted by Crippen LogP contribution is 2.43. The summed E-state index contributed by atoms with van der Waals surface area (Å²) < 4.78 is 18.0. The van der Waals surface area contributed by atoms with Crippen molar-refractivity contribution in [2.24, 2.45) is 5.92 Å². The summed E-state index contributed by atoms with van der Waals surface area (Å²) >= 11 is 1.47. The van der Waals surface area contributed by atoms with Gasteiger partial charge in [-0.15, -0.1) is 11.3 Å². The lowest BCUT2D eigenvalue weighted by Crippen LogP contribution is -2.26. The molecule has 4 rings (SSSR count). The second-order valence-corrected chi connectivity index (χ2v) is 10.7. The number of hydrogen-bond donors (Lipinski definition) is 2. The highest BCUT2D eigenvalue weighted by molar-refractivity contribution is 7.18. The summed E-state index contributed by atoms with van der Waals surface area (Å²) in [7, 11) is 3.17. The number of aliphatic hydroxyl groups is 1. The second-order valence-electron chi connectivity index (χ2n) is 9.57. The summed E-state index contributed by atoms with van der Waals surface area (Å²) in [5.41, 5.74) is 3.28. The van der Waals surface area contributed by atoms with Crippen LogP contribution in [0.4, 0.5) is 0 Å². The first-order chi connectivity index (χ1) is 16.7. The first-order valence-electron chi connectivity index (χ1n) is 11.9. The Balaban J connectivity index is 1.68. The number of rotatable bonds is 11. The maximum absolute atomic E-state index is 11.9. The molecule has 0 saturated heterocycles. The van der Waals surface area contributed by atoms with E-state index in [4.69, 9.17) is 14.2 Å². The topological polar surface area (TPSA) is 98.1 Å². The van der Waals surface area contributed by atoms with Gasteiger partial charge in [-0.1, -0.05) is 13.8 Å². The zero-order valence-electron chi connectivity index (χ0n) is 20.8.